The van der Waals surface area contributed by atoms with Crippen LogP contribution in [-0.4, -0.2) is 43.9 Å². The number of anilines is 1. The Morgan fingerprint density at radius 3 is 2.55 bits per heavy atom. The van der Waals surface area contributed by atoms with Crippen LogP contribution in [-0.2, 0) is 4.79 Å². The average Bonchev–Trinajstić information content (AvgIpc) is 3.53. The molecule has 0 unspecified atom stereocenters. The highest BCUT2D eigenvalue weighted by Gasteiger charge is 2.36. The second-order valence-corrected chi connectivity index (χ2v) is 7.70. The van der Waals surface area contributed by atoms with Crippen molar-refractivity contribution in [2.24, 2.45) is 0 Å². The third-order valence-corrected chi connectivity index (χ3v) is 5.54. The lowest BCUT2D eigenvalue weighted by molar-refractivity contribution is -0.116. The van der Waals surface area contributed by atoms with E-state index in [9.17, 15) is 14.4 Å². The molecule has 4 aromatic rings. The number of hydrogen-bond acceptors (Lipinski definition) is 7. The standard InChI is InChI=1S/C21H15N5O4S/c1-12-9-17(26(24-12)21-22-15(11-31-21)16-7-4-8-30-16)23-18(27)10-25-19(28)13-5-2-3-6-14(13)20(25)29/h2-9,11H,10H2,1H3,(H,23,27). The highest BCUT2D eigenvalue weighted by atomic mass is 32.1. The summed E-state index contributed by atoms with van der Waals surface area (Å²) in [6.45, 7) is 1.39. The van der Waals surface area contributed by atoms with Gasteiger partial charge in [0, 0.05) is 11.4 Å². The van der Waals surface area contributed by atoms with E-state index in [0.29, 0.717) is 39.2 Å². The molecule has 1 aliphatic heterocycles. The second-order valence-electron chi connectivity index (χ2n) is 6.87. The van der Waals surface area contributed by atoms with Crippen LogP contribution < -0.4 is 5.32 Å². The molecule has 10 heteroatoms. The lowest BCUT2D eigenvalue weighted by atomic mass is 10.1. The molecule has 3 amide bonds. The summed E-state index contributed by atoms with van der Waals surface area (Å²) in [7, 11) is 0. The molecular formula is C21H15N5O4S. The number of imide groups is 1. The summed E-state index contributed by atoms with van der Waals surface area (Å²) in [5, 5.41) is 9.49. The number of amides is 3. The van der Waals surface area contributed by atoms with Crippen LogP contribution in [0.1, 0.15) is 26.4 Å². The number of thiazole rings is 1. The van der Waals surface area contributed by atoms with Crippen LogP contribution in [0.2, 0.25) is 0 Å². The van der Waals surface area contributed by atoms with Gasteiger partial charge in [0.2, 0.25) is 11.0 Å². The number of carbonyl (C=O) groups excluding carboxylic acids is 3. The Hall–Kier alpha value is -4.05. The first-order valence-electron chi connectivity index (χ1n) is 9.33. The molecule has 9 nitrogen and oxygen atoms in total. The van der Waals surface area contributed by atoms with Crippen molar-refractivity contribution in [1.29, 1.82) is 0 Å². The van der Waals surface area contributed by atoms with Crippen LogP contribution in [0.15, 0.2) is 58.5 Å². The molecule has 1 aromatic carbocycles. The smallest absolute Gasteiger partial charge is 0.262 e. The fraction of sp³-hybridized carbons (Fsp3) is 0.0952. The van der Waals surface area contributed by atoms with Crippen molar-refractivity contribution in [2.45, 2.75) is 6.92 Å². The quantitative estimate of drug-likeness (QED) is 0.484. The molecule has 0 radical (unpaired) electrons. The van der Waals surface area contributed by atoms with Crippen LogP contribution >= 0.6 is 11.3 Å². The maximum atomic E-state index is 12.7. The van der Waals surface area contributed by atoms with Gasteiger partial charge in [-0.3, -0.25) is 19.3 Å². The number of nitrogens with one attached hydrogen (secondary N) is 1. The number of aromatic nitrogens is 3. The SMILES string of the molecule is Cc1cc(NC(=O)CN2C(=O)c3ccccc3C2=O)n(-c2nc(-c3ccco3)cs2)n1. The Balaban J connectivity index is 1.35. The van der Waals surface area contributed by atoms with E-state index in [0.717, 1.165) is 4.90 Å². The molecule has 0 fully saturated rings. The number of nitrogens with zero attached hydrogens (tertiary/aromatic N) is 4. The van der Waals surface area contributed by atoms with Gasteiger partial charge in [-0.05, 0) is 31.2 Å². The van der Waals surface area contributed by atoms with Crippen molar-refractivity contribution in [3.63, 3.8) is 0 Å². The van der Waals surface area contributed by atoms with Crippen LogP contribution in [0.25, 0.3) is 16.6 Å². The lowest BCUT2D eigenvalue weighted by Crippen LogP contribution is -2.37. The molecule has 0 bridgehead atoms. The average molecular weight is 433 g/mol. The summed E-state index contributed by atoms with van der Waals surface area (Å²) in [6, 6.07) is 11.8. The molecular weight excluding hydrogens is 418 g/mol. The van der Waals surface area contributed by atoms with Gasteiger partial charge < -0.3 is 9.73 Å². The molecule has 1 N–H and O–H groups in total. The number of benzene rings is 1. The van der Waals surface area contributed by atoms with Gasteiger partial charge >= 0.3 is 0 Å². The number of carbonyl (C=O) groups is 3. The van der Waals surface area contributed by atoms with Crippen molar-refractivity contribution in [3.05, 3.63) is 70.9 Å². The van der Waals surface area contributed by atoms with Gasteiger partial charge in [-0.15, -0.1) is 11.3 Å². The van der Waals surface area contributed by atoms with Crippen LogP contribution in [0, 0.1) is 6.92 Å². The van der Waals surface area contributed by atoms with Gasteiger partial charge in [0.05, 0.1) is 23.1 Å². The Kier molecular flexibility index (Phi) is 4.48. The summed E-state index contributed by atoms with van der Waals surface area (Å²) in [4.78, 5) is 43.1. The summed E-state index contributed by atoms with van der Waals surface area (Å²) < 4.78 is 6.87. The number of hydrogen-bond donors (Lipinski definition) is 1. The van der Waals surface area contributed by atoms with E-state index in [-0.39, 0.29) is 0 Å². The predicted molar refractivity (Wildman–Crippen MR) is 112 cm³/mol. The Labute approximate surface area is 179 Å². The number of aryl methyl sites for hydroxylation is 1. The summed E-state index contributed by atoms with van der Waals surface area (Å²) in [6.07, 6.45) is 1.57. The van der Waals surface area contributed by atoms with E-state index >= 15 is 0 Å². The minimum atomic E-state index is -0.515. The van der Waals surface area contributed by atoms with Crippen LogP contribution in [0.4, 0.5) is 5.82 Å². The van der Waals surface area contributed by atoms with Crippen molar-refractivity contribution < 1.29 is 18.8 Å². The van der Waals surface area contributed by atoms with E-state index in [4.69, 9.17) is 4.42 Å². The van der Waals surface area contributed by atoms with E-state index in [2.05, 4.69) is 15.4 Å². The van der Waals surface area contributed by atoms with E-state index in [1.807, 2.05) is 5.38 Å². The first-order valence-corrected chi connectivity index (χ1v) is 10.2. The number of furan rings is 1. The normalized spacial score (nSPS) is 13.0. The van der Waals surface area contributed by atoms with Crippen molar-refractivity contribution >= 4 is 34.9 Å². The molecule has 0 saturated heterocycles. The van der Waals surface area contributed by atoms with Gasteiger partial charge in [0.25, 0.3) is 11.8 Å². The molecule has 5 rings (SSSR count). The first-order chi connectivity index (χ1) is 15.0. The van der Waals surface area contributed by atoms with Crippen LogP contribution in [0.3, 0.4) is 0 Å². The zero-order chi connectivity index (χ0) is 21.5. The summed E-state index contributed by atoms with van der Waals surface area (Å²) in [5.41, 5.74) is 1.93. The maximum Gasteiger partial charge on any atom is 0.262 e. The van der Waals surface area contributed by atoms with Gasteiger partial charge in [0.1, 0.15) is 18.1 Å². The van der Waals surface area contributed by atoms with Crippen molar-refractivity contribution in [3.8, 4) is 16.6 Å². The number of rotatable bonds is 5. The Bertz CT molecular complexity index is 1290. The monoisotopic (exact) mass is 433 g/mol. The minimum absolute atomic E-state index is 0.300. The second kappa shape index (κ2) is 7.33. The summed E-state index contributed by atoms with van der Waals surface area (Å²) >= 11 is 1.34. The van der Waals surface area contributed by atoms with Gasteiger partial charge in [-0.25, -0.2) is 4.98 Å². The topological polar surface area (TPSA) is 110 Å². The van der Waals surface area contributed by atoms with Gasteiger partial charge in [0.15, 0.2) is 5.76 Å². The Morgan fingerprint density at radius 1 is 1.13 bits per heavy atom. The summed E-state index contributed by atoms with van der Waals surface area (Å²) in [5.74, 6) is -0.465. The van der Waals surface area contributed by atoms with E-state index < -0.39 is 24.3 Å². The molecule has 3 aromatic heterocycles. The van der Waals surface area contributed by atoms with E-state index in [1.54, 1.807) is 55.7 Å². The van der Waals surface area contributed by atoms with E-state index in [1.165, 1.54) is 16.0 Å². The zero-order valence-electron chi connectivity index (χ0n) is 16.2. The third-order valence-electron chi connectivity index (χ3n) is 4.73. The molecule has 0 saturated carbocycles. The maximum absolute atomic E-state index is 12.7. The molecule has 0 spiro atoms. The van der Waals surface area contributed by atoms with Gasteiger partial charge in [-0.2, -0.15) is 9.78 Å². The predicted octanol–water partition coefficient (Wildman–Crippen LogP) is 3.13. The third kappa shape index (κ3) is 3.32. The zero-order valence-corrected chi connectivity index (χ0v) is 17.0. The Morgan fingerprint density at radius 2 is 1.87 bits per heavy atom. The lowest BCUT2D eigenvalue weighted by Gasteiger charge is -2.13. The highest BCUT2D eigenvalue weighted by molar-refractivity contribution is 7.12. The van der Waals surface area contributed by atoms with Crippen LogP contribution in [0.5, 0.6) is 0 Å². The molecule has 0 aliphatic carbocycles. The highest BCUT2D eigenvalue weighted by Crippen LogP contribution is 2.27. The molecule has 154 valence electrons. The largest absolute Gasteiger partial charge is 0.463 e. The van der Waals surface area contributed by atoms with Gasteiger partial charge in [-0.1, -0.05) is 12.1 Å². The fourth-order valence-electron chi connectivity index (χ4n) is 3.34. The molecule has 0 atom stereocenters. The minimum Gasteiger partial charge on any atom is -0.463 e. The van der Waals surface area contributed by atoms with Crippen molar-refractivity contribution in [1.82, 2.24) is 19.7 Å². The number of fused-ring (bicyclic) bond motifs is 1. The molecule has 31 heavy (non-hydrogen) atoms. The fourth-order valence-corrected chi connectivity index (χ4v) is 4.12. The first kappa shape index (κ1) is 18.9. The molecule has 4 heterocycles. The van der Waals surface area contributed by atoms with Crippen molar-refractivity contribution in [2.75, 3.05) is 11.9 Å². The molecule has 1 aliphatic rings.